The van der Waals surface area contributed by atoms with Crippen molar-refractivity contribution in [3.05, 3.63) is 21.9 Å². The smallest absolute Gasteiger partial charge is 0.0449 e. The number of nitrogens with one attached hydrogen (secondary N) is 1. The van der Waals surface area contributed by atoms with Gasteiger partial charge in [0.2, 0.25) is 0 Å². The molecule has 0 bridgehead atoms. The fourth-order valence-corrected chi connectivity index (χ4v) is 4.52. The molecule has 2 unspecified atom stereocenters. The zero-order valence-electron chi connectivity index (χ0n) is 9.45. The predicted octanol–water partition coefficient (Wildman–Crippen LogP) is 3.60. The highest BCUT2D eigenvalue weighted by molar-refractivity contribution is 8.00. The summed E-state index contributed by atoms with van der Waals surface area (Å²) in [5.74, 6) is 1.34. The van der Waals surface area contributed by atoms with Gasteiger partial charge in [-0.1, -0.05) is 6.42 Å². The highest BCUT2D eigenvalue weighted by Crippen LogP contribution is 2.36. The zero-order chi connectivity index (χ0) is 10.7. The first-order valence-corrected chi connectivity index (χ1v) is 7.58. The molecule has 0 spiro atoms. The highest BCUT2D eigenvalue weighted by Gasteiger charge is 2.25. The molecule has 0 aromatic carbocycles. The van der Waals surface area contributed by atoms with E-state index in [1.54, 1.807) is 0 Å². The molecular weight excluding hydrogens is 222 g/mol. The number of hydrogen-bond acceptors (Lipinski definition) is 3. The Balaban J connectivity index is 2.12. The Kier molecular flexibility index (Phi) is 4.12. The highest BCUT2D eigenvalue weighted by atomic mass is 32.2. The van der Waals surface area contributed by atoms with Crippen molar-refractivity contribution in [2.75, 3.05) is 12.8 Å². The van der Waals surface area contributed by atoms with Crippen LogP contribution in [0.15, 0.2) is 11.4 Å². The molecular formula is C12H19NS2. The first kappa shape index (κ1) is 11.5. The van der Waals surface area contributed by atoms with Gasteiger partial charge in [0, 0.05) is 16.2 Å². The molecule has 0 amide bonds. The first-order valence-electron chi connectivity index (χ1n) is 5.66. The number of hydrogen-bond donors (Lipinski definition) is 1. The van der Waals surface area contributed by atoms with Gasteiger partial charge in [0.05, 0.1) is 0 Å². The predicted molar refractivity (Wildman–Crippen MR) is 71.0 cm³/mol. The lowest BCUT2D eigenvalue weighted by Gasteiger charge is -2.29. The lowest BCUT2D eigenvalue weighted by molar-refractivity contribution is 0.516. The van der Waals surface area contributed by atoms with Crippen LogP contribution >= 0.6 is 23.1 Å². The van der Waals surface area contributed by atoms with Crippen molar-refractivity contribution >= 4 is 23.1 Å². The Morgan fingerprint density at radius 3 is 2.87 bits per heavy atom. The molecule has 0 radical (unpaired) electrons. The van der Waals surface area contributed by atoms with Crippen molar-refractivity contribution in [1.29, 1.82) is 0 Å². The lowest BCUT2D eigenvalue weighted by Crippen LogP contribution is -2.29. The summed E-state index contributed by atoms with van der Waals surface area (Å²) in [5, 5.41) is 6.49. The summed E-state index contributed by atoms with van der Waals surface area (Å²) in [5.41, 5.74) is 1.52. The molecule has 0 aliphatic carbocycles. The van der Waals surface area contributed by atoms with Gasteiger partial charge in [0.25, 0.3) is 0 Å². The summed E-state index contributed by atoms with van der Waals surface area (Å²) in [7, 11) is 2.09. The van der Waals surface area contributed by atoms with Crippen LogP contribution < -0.4 is 5.32 Å². The van der Waals surface area contributed by atoms with E-state index >= 15 is 0 Å². The van der Waals surface area contributed by atoms with E-state index in [0.717, 1.165) is 5.25 Å². The molecule has 2 atom stereocenters. The average Bonchev–Trinajstić information content (AvgIpc) is 2.68. The fourth-order valence-electron chi connectivity index (χ4n) is 2.29. The molecule has 1 aromatic rings. The molecule has 1 nitrogen and oxygen atoms in total. The van der Waals surface area contributed by atoms with Crippen molar-refractivity contribution in [2.24, 2.45) is 0 Å². The third-order valence-corrected chi connectivity index (χ3v) is 5.45. The largest absolute Gasteiger partial charge is 0.312 e. The third-order valence-electron chi connectivity index (χ3n) is 3.13. The Morgan fingerprint density at radius 1 is 1.47 bits per heavy atom. The van der Waals surface area contributed by atoms with E-state index in [2.05, 4.69) is 42.5 Å². The number of thioether (sulfide) groups is 1. The maximum atomic E-state index is 3.50. The van der Waals surface area contributed by atoms with Gasteiger partial charge in [-0.15, -0.1) is 11.3 Å². The Labute approximate surface area is 101 Å². The standard InChI is InChI=1S/C12H19NS2/c1-9-10(6-8-14-9)12(13-2)11-5-3-4-7-15-11/h6,8,11-13H,3-5,7H2,1-2H3. The molecule has 84 valence electrons. The van der Waals surface area contributed by atoms with Crippen molar-refractivity contribution in [2.45, 2.75) is 37.5 Å². The van der Waals surface area contributed by atoms with Crippen molar-refractivity contribution < 1.29 is 0 Å². The van der Waals surface area contributed by atoms with Gasteiger partial charge < -0.3 is 5.32 Å². The van der Waals surface area contributed by atoms with E-state index in [1.807, 2.05) is 11.3 Å². The second-order valence-corrected chi connectivity index (χ2v) is 6.57. The number of rotatable bonds is 3. The van der Waals surface area contributed by atoms with E-state index in [0.29, 0.717) is 6.04 Å². The minimum absolute atomic E-state index is 0.557. The van der Waals surface area contributed by atoms with Crippen LogP contribution in [0.25, 0.3) is 0 Å². The topological polar surface area (TPSA) is 12.0 Å². The van der Waals surface area contributed by atoms with Gasteiger partial charge in [-0.2, -0.15) is 11.8 Å². The zero-order valence-corrected chi connectivity index (χ0v) is 11.1. The van der Waals surface area contributed by atoms with Gasteiger partial charge in [0.15, 0.2) is 0 Å². The Morgan fingerprint density at radius 2 is 2.33 bits per heavy atom. The average molecular weight is 241 g/mol. The summed E-state index contributed by atoms with van der Waals surface area (Å²) < 4.78 is 0. The van der Waals surface area contributed by atoms with Crippen LogP contribution in [0.1, 0.15) is 35.7 Å². The molecule has 1 aliphatic heterocycles. The number of aryl methyl sites for hydroxylation is 1. The van der Waals surface area contributed by atoms with Crippen LogP contribution in [-0.4, -0.2) is 18.1 Å². The molecule has 1 aliphatic rings. The normalized spacial score (nSPS) is 24.0. The van der Waals surface area contributed by atoms with E-state index < -0.39 is 0 Å². The summed E-state index contributed by atoms with van der Waals surface area (Å²) >= 11 is 4.01. The van der Waals surface area contributed by atoms with Crippen LogP contribution in [0.2, 0.25) is 0 Å². The molecule has 3 heteroatoms. The van der Waals surface area contributed by atoms with Crippen LogP contribution in [0.3, 0.4) is 0 Å². The van der Waals surface area contributed by atoms with Crippen LogP contribution in [-0.2, 0) is 0 Å². The molecule has 15 heavy (non-hydrogen) atoms. The summed E-state index contributed by atoms with van der Waals surface area (Å²) in [4.78, 5) is 1.47. The minimum atomic E-state index is 0.557. The molecule has 1 fully saturated rings. The van der Waals surface area contributed by atoms with Crippen molar-refractivity contribution in [3.63, 3.8) is 0 Å². The van der Waals surface area contributed by atoms with Crippen molar-refractivity contribution in [3.8, 4) is 0 Å². The number of thiophene rings is 1. The third kappa shape index (κ3) is 2.58. The monoisotopic (exact) mass is 241 g/mol. The van der Waals surface area contributed by atoms with Crippen molar-refractivity contribution in [1.82, 2.24) is 5.32 Å². The van der Waals surface area contributed by atoms with E-state index in [-0.39, 0.29) is 0 Å². The van der Waals surface area contributed by atoms with E-state index in [1.165, 1.54) is 35.5 Å². The van der Waals surface area contributed by atoms with Crippen LogP contribution in [0, 0.1) is 6.92 Å². The maximum absolute atomic E-state index is 3.50. The summed E-state index contributed by atoms with van der Waals surface area (Å²) in [6, 6.07) is 2.85. The van der Waals surface area contributed by atoms with Gasteiger partial charge in [0.1, 0.15) is 0 Å². The summed E-state index contributed by atoms with van der Waals surface area (Å²) in [6.45, 7) is 2.23. The molecule has 0 saturated carbocycles. The SMILES string of the molecule is CNC(c1ccsc1C)C1CCCCS1. The molecule has 1 aromatic heterocycles. The Bertz CT molecular complexity index is 302. The van der Waals surface area contributed by atoms with Gasteiger partial charge in [-0.25, -0.2) is 0 Å². The molecule has 1 N–H and O–H groups in total. The molecule has 2 rings (SSSR count). The van der Waals surface area contributed by atoms with E-state index in [9.17, 15) is 0 Å². The van der Waals surface area contributed by atoms with Crippen LogP contribution in [0.5, 0.6) is 0 Å². The lowest BCUT2D eigenvalue weighted by atomic mass is 10.0. The quantitative estimate of drug-likeness (QED) is 0.868. The van der Waals surface area contributed by atoms with Gasteiger partial charge in [-0.05, 0) is 49.6 Å². The summed E-state index contributed by atoms with van der Waals surface area (Å²) in [6.07, 6.45) is 4.17. The van der Waals surface area contributed by atoms with E-state index in [4.69, 9.17) is 0 Å². The minimum Gasteiger partial charge on any atom is -0.312 e. The second-order valence-electron chi connectivity index (χ2n) is 4.10. The fraction of sp³-hybridized carbons (Fsp3) is 0.667. The first-order chi connectivity index (χ1) is 7.33. The maximum Gasteiger partial charge on any atom is 0.0449 e. The molecule has 2 heterocycles. The van der Waals surface area contributed by atoms with Gasteiger partial charge in [-0.3, -0.25) is 0 Å². The Hall–Kier alpha value is 0.01000. The van der Waals surface area contributed by atoms with Crippen LogP contribution in [0.4, 0.5) is 0 Å². The van der Waals surface area contributed by atoms with Gasteiger partial charge >= 0.3 is 0 Å². The second kappa shape index (κ2) is 5.37. The molecule has 1 saturated heterocycles.